The molecule has 18 heavy (non-hydrogen) atoms. The molecular weight excluding hydrogens is 231 g/mol. The molecule has 0 aromatic heterocycles. The lowest BCUT2D eigenvalue weighted by molar-refractivity contribution is 0.262. The summed E-state index contributed by atoms with van der Waals surface area (Å²) in [5.41, 5.74) is 1.80. The molecule has 4 heteroatoms. The van der Waals surface area contributed by atoms with Crippen LogP contribution >= 0.6 is 0 Å². The normalized spacial score (nSPS) is 9.89. The Morgan fingerprint density at radius 2 is 1.50 bits per heavy atom. The van der Waals surface area contributed by atoms with Crippen LogP contribution in [0.5, 0.6) is 0 Å². The minimum absolute atomic E-state index is 0.156. The van der Waals surface area contributed by atoms with Crippen LogP contribution in [-0.4, -0.2) is 6.03 Å². The van der Waals surface area contributed by atoms with E-state index < -0.39 is 11.8 Å². The van der Waals surface area contributed by atoms with E-state index in [1.54, 1.807) is 18.2 Å². The molecular formula is C14H13FN2O. The van der Waals surface area contributed by atoms with Crippen molar-refractivity contribution in [2.75, 3.05) is 10.6 Å². The number of urea groups is 1. The predicted molar refractivity (Wildman–Crippen MR) is 70.2 cm³/mol. The molecule has 0 radical (unpaired) electrons. The summed E-state index contributed by atoms with van der Waals surface area (Å²) < 4.78 is 13.3. The molecule has 2 N–H and O–H groups in total. The number of amides is 2. The zero-order chi connectivity index (χ0) is 13.0. The van der Waals surface area contributed by atoms with E-state index in [-0.39, 0.29) is 5.69 Å². The zero-order valence-corrected chi connectivity index (χ0v) is 9.91. The van der Waals surface area contributed by atoms with Crippen molar-refractivity contribution in [3.8, 4) is 0 Å². The van der Waals surface area contributed by atoms with Gasteiger partial charge in [0.05, 0.1) is 5.69 Å². The molecule has 2 aromatic carbocycles. The van der Waals surface area contributed by atoms with Gasteiger partial charge < -0.3 is 10.6 Å². The van der Waals surface area contributed by atoms with Crippen molar-refractivity contribution in [1.82, 2.24) is 0 Å². The number of anilines is 2. The van der Waals surface area contributed by atoms with Gasteiger partial charge in [-0.2, -0.15) is 0 Å². The number of hydrogen-bond acceptors (Lipinski definition) is 1. The van der Waals surface area contributed by atoms with Crippen LogP contribution in [0.15, 0.2) is 48.5 Å². The molecule has 0 saturated carbocycles. The Kier molecular flexibility index (Phi) is 3.57. The number of aryl methyl sites for hydroxylation is 1. The van der Waals surface area contributed by atoms with Gasteiger partial charge in [-0.25, -0.2) is 9.18 Å². The Morgan fingerprint density at radius 1 is 0.944 bits per heavy atom. The van der Waals surface area contributed by atoms with Gasteiger partial charge in [0.25, 0.3) is 0 Å². The van der Waals surface area contributed by atoms with Gasteiger partial charge in [0.2, 0.25) is 0 Å². The number of para-hydroxylation sites is 2. The first kappa shape index (κ1) is 12.1. The second-order valence-corrected chi connectivity index (χ2v) is 3.87. The van der Waals surface area contributed by atoms with E-state index in [1.165, 1.54) is 12.1 Å². The number of carbonyl (C=O) groups is 1. The summed E-state index contributed by atoms with van der Waals surface area (Å²) in [6.07, 6.45) is 0. The topological polar surface area (TPSA) is 41.1 Å². The first-order valence-electron chi connectivity index (χ1n) is 5.55. The molecule has 0 unspecified atom stereocenters. The highest BCUT2D eigenvalue weighted by atomic mass is 19.1. The lowest BCUT2D eigenvalue weighted by Crippen LogP contribution is -2.20. The Bertz CT molecular complexity index is 520. The Morgan fingerprint density at radius 3 is 2.17 bits per heavy atom. The van der Waals surface area contributed by atoms with Crippen molar-refractivity contribution in [1.29, 1.82) is 0 Å². The molecule has 0 bridgehead atoms. The molecule has 0 aliphatic heterocycles. The minimum atomic E-state index is -0.464. The number of nitrogens with one attached hydrogen (secondary N) is 2. The van der Waals surface area contributed by atoms with Gasteiger partial charge in [-0.1, -0.05) is 30.3 Å². The van der Waals surface area contributed by atoms with Crippen LogP contribution < -0.4 is 10.6 Å². The second-order valence-electron chi connectivity index (χ2n) is 3.87. The fourth-order valence-corrected chi connectivity index (χ4v) is 1.55. The van der Waals surface area contributed by atoms with Crippen LogP contribution in [0, 0.1) is 12.7 Å². The lowest BCUT2D eigenvalue weighted by Gasteiger charge is -2.10. The molecule has 2 amide bonds. The third kappa shape index (κ3) is 2.85. The summed E-state index contributed by atoms with van der Waals surface area (Å²) in [6.45, 7) is 1.89. The van der Waals surface area contributed by atoms with E-state index in [0.717, 1.165) is 5.56 Å². The predicted octanol–water partition coefficient (Wildman–Crippen LogP) is 3.78. The van der Waals surface area contributed by atoms with Crippen molar-refractivity contribution < 1.29 is 9.18 Å². The molecule has 92 valence electrons. The van der Waals surface area contributed by atoms with E-state index >= 15 is 0 Å². The first-order valence-corrected chi connectivity index (χ1v) is 5.55. The van der Waals surface area contributed by atoms with Crippen molar-refractivity contribution in [2.24, 2.45) is 0 Å². The average molecular weight is 244 g/mol. The average Bonchev–Trinajstić information content (AvgIpc) is 2.35. The van der Waals surface area contributed by atoms with Crippen LogP contribution in [0.2, 0.25) is 0 Å². The molecule has 0 aliphatic carbocycles. The largest absolute Gasteiger partial charge is 0.323 e. The fraction of sp³-hybridized carbons (Fsp3) is 0.0714. The van der Waals surface area contributed by atoms with Crippen molar-refractivity contribution in [2.45, 2.75) is 6.92 Å². The van der Waals surface area contributed by atoms with Crippen molar-refractivity contribution >= 4 is 17.4 Å². The van der Waals surface area contributed by atoms with Crippen LogP contribution in [0.25, 0.3) is 0 Å². The van der Waals surface area contributed by atoms with E-state index in [0.29, 0.717) is 5.69 Å². The zero-order valence-electron chi connectivity index (χ0n) is 9.91. The van der Waals surface area contributed by atoms with Gasteiger partial charge in [0, 0.05) is 5.69 Å². The van der Waals surface area contributed by atoms with Gasteiger partial charge in [-0.15, -0.1) is 0 Å². The van der Waals surface area contributed by atoms with Crippen LogP contribution in [-0.2, 0) is 0 Å². The molecule has 3 nitrogen and oxygen atoms in total. The van der Waals surface area contributed by atoms with Gasteiger partial charge in [0.15, 0.2) is 0 Å². The Balaban J connectivity index is 2.06. The molecule has 2 rings (SSSR count). The third-order valence-electron chi connectivity index (χ3n) is 2.52. The summed E-state index contributed by atoms with van der Waals surface area (Å²) >= 11 is 0. The maximum Gasteiger partial charge on any atom is 0.323 e. The number of halogens is 1. The Hall–Kier alpha value is -2.36. The highest BCUT2D eigenvalue weighted by Gasteiger charge is 2.06. The molecule has 0 fully saturated rings. The molecule has 0 aliphatic rings. The number of rotatable bonds is 2. The van der Waals surface area contributed by atoms with Gasteiger partial charge in [-0.05, 0) is 30.7 Å². The SMILES string of the molecule is Cc1ccccc1NC(=O)Nc1ccccc1F. The first-order chi connectivity index (χ1) is 8.66. The standard InChI is InChI=1S/C14H13FN2O/c1-10-6-2-4-8-12(10)16-14(18)17-13-9-5-3-7-11(13)15/h2-9H,1H3,(H2,16,17,18). The van der Waals surface area contributed by atoms with Crippen molar-refractivity contribution in [3.05, 3.63) is 59.9 Å². The molecule has 0 saturated heterocycles. The molecule has 0 heterocycles. The monoisotopic (exact) mass is 244 g/mol. The van der Waals surface area contributed by atoms with Crippen LogP contribution in [0.1, 0.15) is 5.56 Å². The molecule has 0 atom stereocenters. The molecule has 0 spiro atoms. The number of carbonyl (C=O) groups excluding carboxylic acids is 1. The van der Waals surface area contributed by atoms with Gasteiger partial charge >= 0.3 is 6.03 Å². The summed E-state index contributed by atoms with van der Waals surface area (Å²) in [5, 5.41) is 5.13. The number of hydrogen-bond donors (Lipinski definition) is 2. The smallest absolute Gasteiger partial charge is 0.307 e. The van der Waals surface area contributed by atoms with Crippen molar-refractivity contribution in [3.63, 3.8) is 0 Å². The maximum atomic E-state index is 13.3. The van der Waals surface area contributed by atoms with Gasteiger partial charge in [-0.3, -0.25) is 0 Å². The molecule has 2 aromatic rings. The highest BCUT2D eigenvalue weighted by molar-refractivity contribution is 6.00. The second kappa shape index (κ2) is 5.31. The van der Waals surface area contributed by atoms with E-state index in [1.807, 2.05) is 25.1 Å². The van der Waals surface area contributed by atoms with Crippen LogP contribution in [0.4, 0.5) is 20.6 Å². The summed E-state index contributed by atoms with van der Waals surface area (Å²) in [4.78, 5) is 11.7. The lowest BCUT2D eigenvalue weighted by atomic mass is 10.2. The highest BCUT2D eigenvalue weighted by Crippen LogP contribution is 2.15. The summed E-state index contributed by atoms with van der Waals surface area (Å²) in [5.74, 6) is -0.461. The summed E-state index contributed by atoms with van der Waals surface area (Å²) in [6, 6.07) is 13.0. The summed E-state index contributed by atoms with van der Waals surface area (Å²) in [7, 11) is 0. The van der Waals surface area contributed by atoms with E-state index in [4.69, 9.17) is 0 Å². The van der Waals surface area contributed by atoms with Crippen LogP contribution in [0.3, 0.4) is 0 Å². The number of benzene rings is 2. The Labute approximate surface area is 105 Å². The minimum Gasteiger partial charge on any atom is -0.307 e. The fourth-order valence-electron chi connectivity index (χ4n) is 1.55. The van der Waals surface area contributed by atoms with Gasteiger partial charge in [0.1, 0.15) is 5.82 Å². The van der Waals surface area contributed by atoms with E-state index in [2.05, 4.69) is 10.6 Å². The quantitative estimate of drug-likeness (QED) is 0.829. The third-order valence-corrected chi connectivity index (χ3v) is 2.52. The maximum absolute atomic E-state index is 13.3. The van der Waals surface area contributed by atoms with E-state index in [9.17, 15) is 9.18 Å².